The highest BCUT2D eigenvalue weighted by Gasteiger charge is 2.13. The Morgan fingerprint density at radius 1 is 1.41 bits per heavy atom. The second kappa shape index (κ2) is 3.46. The Hall–Kier alpha value is -2.61. The topological polar surface area (TPSA) is 78.5 Å². The predicted molar refractivity (Wildman–Crippen MR) is 61.0 cm³/mol. The predicted octanol–water partition coefficient (Wildman–Crippen LogP) is 2.40. The lowest BCUT2D eigenvalue weighted by atomic mass is 10.2. The zero-order valence-corrected chi connectivity index (χ0v) is 9.06. The van der Waals surface area contributed by atoms with Gasteiger partial charge in [-0.05, 0) is 19.1 Å². The van der Waals surface area contributed by atoms with Crippen LogP contribution in [0.4, 0.5) is 0 Å². The van der Waals surface area contributed by atoms with Crippen LogP contribution in [-0.2, 0) is 0 Å². The zero-order chi connectivity index (χ0) is 11.8. The van der Waals surface area contributed by atoms with Crippen molar-refractivity contribution in [1.82, 2.24) is 15.0 Å². The van der Waals surface area contributed by atoms with Crippen LogP contribution in [0.2, 0.25) is 0 Å². The van der Waals surface area contributed by atoms with Gasteiger partial charge in [0, 0.05) is 0 Å². The third-order valence-corrected chi connectivity index (χ3v) is 2.59. The molecule has 0 saturated carbocycles. The van der Waals surface area contributed by atoms with Crippen molar-refractivity contribution in [2.75, 3.05) is 0 Å². The molecule has 2 heterocycles. The van der Waals surface area contributed by atoms with E-state index in [1.165, 1.54) is 6.39 Å². The number of aromatic nitrogens is 3. The van der Waals surface area contributed by atoms with Crippen molar-refractivity contribution in [2.24, 2.45) is 0 Å². The molecule has 1 aromatic carbocycles. The van der Waals surface area contributed by atoms with Gasteiger partial charge in [0.1, 0.15) is 11.6 Å². The maximum atomic E-state index is 8.99. The number of hydrogen-bond acceptors (Lipinski definition) is 4. The molecule has 0 radical (unpaired) electrons. The van der Waals surface area contributed by atoms with E-state index in [0.29, 0.717) is 22.7 Å². The van der Waals surface area contributed by atoms with Crippen LogP contribution in [0.15, 0.2) is 29.0 Å². The molecular formula is C12H8N4O. The quantitative estimate of drug-likeness (QED) is 0.688. The van der Waals surface area contributed by atoms with E-state index in [1.54, 1.807) is 6.07 Å². The SMILES string of the molecule is Cc1ncoc1-c1nc2c(C#N)cccc2[nH]1. The zero-order valence-electron chi connectivity index (χ0n) is 9.06. The molecule has 0 aliphatic rings. The number of H-pyrrole nitrogens is 1. The van der Waals surface area contributed by atoms with Crippen molar-refractivity contribution in [3.63, 3.8) is 0 Å². The molecule has 17 heavy (non-hydrogen) atoms. The summed E-state index contributed by atoms with van der Waals surface area (Å²) in [5.41, 5.74) is 2.78. The van der Waals surface area contributed by atoms with Crippen LogP contribution in [-0.4, -0.2) is 15.0 Å². The number of imidazole rings is 1. The average Bonchev–Trinajstić information content (AvgIpc) is 2.93. The van der Waals surface area contributed by atoms with Crippen LogP contribution in [0, 0.1) is 18.3 Å². The van der Waals surface area contributed by atoms with Gasteiger partial charge in [0.15, 0.2) is 18.0 Å². The molecule has 0 spiro atoms. The second-order valence-corrected chi connectivity index (χ2v) is 3.67. The second-order valence-electron chi connectivity index (χ2n) is 3.67. The smallest absolute Gasteiger partial charge is 0.192 e. The molecule has 1 N–H and O–H groups in total. The first kappa shape index (κ1) is 9.60. The molecule has 0 aliphatic carbocycles. The minimum Gasteiger partial charge on any atom is -0.440 e. The number of nitrogens with one attached hydrogen (secondary N) is 1. The summed E-state index contributed by atoms with van der Waals surface area (Å²) in [4.78, 5) is 11.5. The largest absolute Gasteiger partial charge is 0.440 e. The molecule has 0 atom stereocenters. The third-order valence-electron chi connectivity index (χ3n) is 2.59. The van der Waals surface area contributed by atoms with E-state index >= 15 is 0 Å². The highest BCUT2D eigenvalue weighted by molar-refractivity contribution is 5.84. The molecule has 5 heteroatoms. The first-order valence-corrected chi connectivity index (χ1v) is 5.09. The summed E-state index contributed by atoms with van der Waals surface area (Å²) in [6.07, 6.45) is 1.38. The Morgan fingerprint density at radius 2 is 2.29 bits per heavy atom. The summed E-state index contributed by atoms with van der Waals surface area (Å²) in [5.74, 6) is 1.20. The van der Waals surface area contributed by atoms with Crippen LogP contribution in [0.25, 0.3) is 22.6 Å². The van der Waals surface area contributed by atoms with Gasteiger partial charge < -0.3 is 9.40 Å². The van der Waals surface area contributed by atoms with Crippen LogP contribution in [0.5, 0.6) is 0 Å². The van der Waals surface area contributed by atoms with Crippen molar-refractivity contribution < 1.29 is 4.42 Å². The summed E-state index contributed by atoms with van der Waals surface area (Å²) in [6, 6.07) is 7.54. The number of nitrogens with zero attached hydrogens (tertiary/aromatic N) is 3. The summed E-state index contributed by atoms with van der Waals surface area (Å²) in [5, 5.41) is 8.99. The fraction of sp³-hybridized carbons (Fsp3) is 0.0833. The maximum Gasteiger partial charge on any atom is 0.192 e. The molecule has 0 fully saturated rings. The standard InChI is InChI=1S/C12H8N4O/c1-7-11(17-6-14-7)12-15-9-4-2-3-8(5-13)10(9)16-12/h2-4,6H,1H3,(H,15,16). The lowest BCUT2D eigenvalue weighted by molar-refractivity contribution is 0.567. The molecule has 82 valence electrons. The Labute approximate surface area is 96.7 Å². The van der Waals surface area contributed by atoms with Gasteiger partial charge in [0.2, 0.25) is 0 Å². The summed E-state index contributed by atoms with van der Waals surface area (Å²) in [7, 11) is 0. The number of aryl methyl sites for hydroxylation is 1. The van der Waals surface area contributed by atoms with Gasteiger partial charge in [0.25, 0.3) is 0 Å². The Kier molecular flexibility index (Phi) is 1.95. The molecule has 0 unspecified atom stereocenters. The van der Waals surface area contributed by atoms with E-state index in [4.69, 9.17) is 9.68 Å². The van der Waals surface area contributed by atoms with E-state index in [9.17, 15) is 0 Å². The van der Waals surface area contributed by atoms with E-state index in [2.05, 4.69) is 21.0 Å². The number of fused-ring (bicyclic) bond motifs is 1. The van der Waals surface area contributed by atoms with E-state index in [0.717, 1.165) is 11.2 Å². The highest BCUT2D eigenvalue weighted by Crippen LogP contribution is 2.24. The number of para-hydroxylation sites is 1. The van der Waals surface area contributed by atoms with Crippen molar-refractivity contribution in [1.29, 1.82) is 5.26 Å². The van der Waals surface area contributed by atoms with Crippen LogP contribution in [0.3, 0.4) is 0 Å². The minimum atomic E-state index is 0.544. The summed E-state index contributed by atoms with van der Waals surface area (Å²) >= 11 is 0. The monoisotopic (exact) mass is 224 g/mol. The number of benzene rings is 1. The molecule has 2 aromatic heterocycles. The number of aromatic amines is 1. The van der Waals surface area contributed by atoms with Crippen molar-refractivity contribution in [3.8, 4) is 17.7 Å². The van der Waals surface area contributed by atoms with Gasteiger partial charge in [-0.15, -0.1) is 0 Å². The van der Waals surface area contributed by atoms with E-state index < -0.39 is 0 Å². The Bertz CT molecular complexity index is 732. The van der Waals surface area contributed by atoms with Gasteiger partial charge in [-0.3, -0.25) is 0 Å². The normalized spacial score (nSPS) is 10.6. The van der Waals surface area contributed by atoms with E-state index in [1.807, 2.05) is 19.1 Å². The van der Waals surface area contributed by atoms with Crippen molar-refractivity contribution in [2.45, 2.75) is 6.92 Å². The summed E-state index contributed by atoms with van der Waals surface area (Å²) in [6.45, 7) is 1.84. The average molecular weight is 224 g/mol. The van der Waals surface area contributed by atoms with Gasteiger partial charge in [0.05, 0.1) is 16.8 Å². The fourth-order valence-electron chi connectivity index (χ4n) is 1.76. The van der Waals surface area contributed by atoms with Gasteiger partial charge in [-0.1, -0.05) is 6.07 Å². The number of nitriles is 1. The number of hydrogen-bond donors (Lipinski definition) is 1. The third kappa shape index (κ3) is 1.39. The molecule has 3 rings (SSSR count). The Balaban J connectivity index is 2.28. The number of rotatable bonds is 1. The first-order chi connectivity index (χ1) is 8.29. The molecular weight excluding hydrogens is 216 g/mol. The van der Waals surface area contributed by atoms with Crippen LogP contribution < -0.4 is 0 Å². The maximum absolute atomic E-state index is 8.99. The molecule has 5 nitrogen and oxygen atoms in total. The lowest BCUT2D eigenvalue weighted by Gasteiger charge is -1.89. The molecule has 0 saturated heterocycles. The first-order valence-electron chi connectivity index (χ1n) is 5.09. The van der Waals surface area contributed by atoms with E-state index in [-0.39, 0.29) is 0 Å². The van der Waals surface area contributed by atoms with Crippen LogP contribution >= 0.6 is 0 Å². The highest BCUT2D eigenvalue weighted by atomic mass is 16.3. The van der Waals surface area contributed by atoms with Gasteiger partial charge in [-0.2, -0.15) is 5.26 Å². The molecule has 3 aromatic rings. The van der Waals surface area contributed by atoms with Gasteiger partial charge in [-0.25, -0.2) is 9.97 Å². The van der Waals surface area contributed by atoms with Crippen molar-refractivity contribution >= 4 is 11.0 Å². The Morgan fingerprint density at radius 3 is 3.00 bits per heavy atom. The molecule has 0 aliphatic heterocycles. The fourth-order valence-corrected chi connectivity index (χ4v) is 1.76. The molecule has 0 amide bonds. The van der Waals surface area contributed by atoms with Gasteiger partial charge >= 0.3 is 0 Å². The summed E-state index contributed by atoms with van der Waals surface area (Å²) < 4.78 is 5.27. The van der Waals surface area contributed by atoms with Crippen molar-refractivity contribution in [3.05, 3.63) is 35.9 Å². The number of oxazole rings is 1. The lowest BCUT2D eigenvalue weighted by Crippen LogP contribution is -1.81. The minimum absolute atomic E-state index is 0.544. The molecule has 0 bridgehead atoms. The van der Waals surface area contributed by atoms with Crippen LogP contribution in [0.1, 0.15) is 11.3 Å².